The maximum atomic E-state index is 13.5. The van der Waals surface area contributed by atoms with Gasteiger partial charge in [0.05, 0.1) is 38.6 Å². The minimum Gasteiger partial charge on any atom is -0.394 e. The molecule has 12 N–H and O–H groups in total. The highest BCUT2D eigenvalue weighted by Gasteiger charge is 2.54. The lowest BCUT2D eigenvalue weighted by Gasteiger charge is -2.48. The van der Waals surface area contributed by atoms with Crippen molar-refractivity contribution in [1.82, 2.24) is 5.32 Å². The van der Waals surface area contributed by atoms with Crippen molar-refractivity contribution in [2.75, 3.05) is 26.4 Å². The van der Waals surface area contributed by atoms with Crippen molar-refractivity contribution in [2.45, 2.75) is 394 Å². The van der Waals surface area contributed by atoms with E-state index in [1.165, 1.54) is 167 Å². The number of amides is 1. The smallest absolute Gasteiger partial charge is 0.220 e. The van der Waals surface area contributed by atoms with Gasteiger partial charge in [-0.1, -0.05) is 298 Å². The zero-order valence-electron chi connectivity index (χ0n) is 61.9. The molecule has 0 spiro atoms. The SMILES string of the molecule is CC/C=C\C/C=C\C/C=C\C/C=C\C/C=C\C/C=C\C/C=C\CCCCCC(=O)NC(COC1OC(CO)C(OC2OC(CO)C(OC3OC(CO)C(O)C(O)C3O)C(O)C2O)C(O)C1O)C(O)CCCCCCCCCCCCCCCCCCCCCCCCCCCCCCCC. The van der Waals surface area contributed by atoms with E-state index in [9.17, 15) is 61.0 Å². The van der Waals surface area contributed by atoms with E-state index in [-0.39, 0.29) is 18.9 Å². The molecule has 19 nitrogen and oxygen atoms in total. The van der Waals surface area contributed by atoms with Gasteiger partial charge < -0.3 is 89.9 Å². The van der Waals surface area contributed by atoms with Crippen LogP contribution in [0.1, 0.15) is 290 Å². The average Bonchev–Trinajstić information content (AvgIpc) is 0.783. The van der Waals surface area contributed by atoms with Gasteiger partial charge in [-0.2, -0.15) is 0 Å². The van der Waals surface area contributed by atoms with Crippen LogP contribution in [0.2, 0.25) is 0 Å². The maximum absolute atomic E-state index is 13.5. The quantitative estimate of drug-likeness (QED) is 0.0199. The molecule has 17 unspecified atom stereocenters. The molecular weight excluding hydrogens is 1270 g/mol. The lowest BCUT2D eigenvalue weighted by molar-refractivity contribution is -0.379. The van der Waals surface area contributed by atoms with Crippen molar-refractivity contribution in [1.29, 1.82) is 0 Å². The van der Waals surface area contributed by atoms with Gasteiger partial charge in [-0.15, -0.1) is 0 Å². The lowest BCUT2D eigenvalue weighted by Crippen LogP contribution is -2.66. The van der Waals surface area contributed by atoms with Gasteiger partial charge in [0, 0.05) is 6.42 Å². The van der Waals surface area contributed by atoms with Gasteiger partial charge in [0.25, 0.3) is 0 Å². The number of aliphatic hydroxyl groups is 11. The molecule has 3 aliphatic heterocycles. The summed E-state index contributed by atoms with van der Waals surface area (Å²) in [5, 5.41) is 121. The molecule has 0 aromatic rings. The first-order valence-corrected chi connectivity index (χ1v) is 39.8. The van der Waals surface area contributed by atoms with Crippen molar-refractivity contribution < 1.29 is 89.4 Å². The Kier molecular flexibility index (Phi) is 55.8. The van der Waals surface area contributed by atoms with Gasteiger partial charge in [-0.3, -0.25) is 4.79 Å². The summed E-state index contributed by atoms with van der Waals surface area (Å²) < 4.78 is 34.5. The van der Waals surface area contributed by atoms with E-state index < -0.39 is 124 Å². The van der Waals surface area contributed by atoms with Crippen LogP contribution in [0.3, 0.4) is 0 Å². The second-order valence-electron chi connectivity index (χ2n) is 28.2. The fourth-order valence-corrected chi connectivity index (χ4v) is 13.1. The minimum atomic E-state index is -1.98. The number of rotatable bonds is 62. The molecule has 0 aromatic carbocycles. The Balaban J connectivity index is 1.39. The minimum absolute atomic E-state index is 0.222. The fraction of sp³-hybridized carbons (Fsp3) is 0.815. The Hall–Kier alpha value is -3.03. The summed E-state index contributed by atoms with van der Waals surface area (Å²) in [4.78, 5) is 13.5. The number of carbonyl (C=O) groups is 1. The van der Waals surface area contributed by atoms with Crippen LogP contribution in [-0.4, -0.2) is 193 Å². The third kappa shape index (κ3) is 41.0. The molecule has 3 aliphatic rings. The van der Waals surface area contributed by atoms with E-state index in [1.807, 2.05) is 0 Å². The van der Waals surface area contributed by atoms with Gasteiger partial charge in [0.2, 0.25) is 5.91 Å². The maximum Gasteiger partial charge on any atom is 0.220 e. The van der Waals surface area contributed by atoms with Gasteiger partial charge in [-0.25, -0.2) is 0 Å². The first kappa shape index (κ1) is 91.2. The van der Waals surface area contributed by atoms with Crippen LogP contribution in [0, 0.1) is 0 Å². The van der Waals surface area contributed by atoms with Crippen LogP contribution in [0.15, 0.2) is 85.1 Å². The second-order valence-corrected chi connectivity index (χ2v) is 28.2. The molecule has 0 saturated carbocycles. The topological polar surface area (TPSA) is 307 Å². The zero-order valence-corrected chi connectivity index (χ0v) is 61.9. The van der Waals surface area contributed by atoms with E-state index in [0.29, 0.717) is 12.8 Å². The first-order chi connectivity index (χ1) is 48.8. The Labute approximate surface area is 603 Å². The standard InChI is InChI=1S/C81H143NO18/c1-3-5-7-9-11-13-15-17-19-21-23-25-27-29-30-31-32-33-35-36-38-40-42-44-46-48-50-52-54-56-58-65(86)64(82-69(87)59-57-55-53-51-49-47-45-43-41-39-37-34-28-26-24-22-20-18-16-14-12-10-8-6-4-2)63-95-79-75(93)72(90)77(67(61-84)97-79)100-81-76(94)73(91)78(68(62-85)98-81)99-80-74(92)71(89)70(88)66(60-83)96-80/h6,8,12,14,18,20,24,26,34,37,41,43,47,49,64-68,70-81,83-86,88-94H,3-5,7,9-11,13,15-17,19,21-23,25,27-33,35-36,38-40,42,44-46,48,50-63H2,1-2H3,(H,82,87)/b8-6-,14-12-,20-18-,26-24-,37-34-,43-41-,49-47-. The molecule has 1 amide bonds. The number of hydrogen-bond acceptors (Lipinski definition) is 18. The third-order valence-corrected chi connectivity index (χ3v) is 19.5. The largest absolute Gasteiger partial charge is 0.394 e. The summed E-state index contributed by atoms with van der Waals surface area (Å²) >= 11 is 0. The van der Waals surface area contributed by atoms with Gasteiger partial charge in [0.15, 0.2) is 18.9 Å². The lowest BCUT2D eigenvalue weighted by atomic mass is 9.96. The molecular formula is C81H143NO18. The summed E-state index contributed by atoms with van der Waals surface area (Å²) in [5.74, 6) is -0.274. The molecule has 0 bridgehead atoms. The fourth-order valence-electron chi connectivity index (χ4n) is 13.1. The third-order valence-electron chi connectivity index (χ3n) is 19.5. The summed E-state index contributed by atoms with van der Waals surface area (Å²) in [6.07, 6.45) is 53.8. The molecule has 17 atom stereocenters. The van der Waals surface area contributed by atoms with Crippen LogP contribution in [0.25, 0.3) is 0 Å². The van der Waals surface area contributed by atoms with E-state index in [0.717, 1.165) is 89.9 Å². The number of carbonyl (C=O) groups excluding carboxylic acids is 1. The highest BCUT2D eigenvalue weighted by Crippen LogP contribution is 2.33. The molecule has 19 heteroatoms. The summed E-state index contributed by atoms with van der Waals surface area (Å²) in [6.45, 7) is 1.69. The number of unbranched alkanes of at least 4 members (excludes halogenated alkanes) is 32. The van der Waals surface area contributed by atoms with E-state index in [1.54, 1.807) is 0 Å². The molecule has 0 aromatic heterocycles. The van der Waals surface area contributed by atoms with Crippen molar-refractivity contribution >= 4 is 5.91 Å². The van der Waals surface area contributed by atoms with Crippen molar-refractivity contribution in [3.63, 3.8) is 0 Å². The predicted molar refractivity (Wildman–Crippen MR) is 397 cm³/mol. The van der Waals surface area contributed by atoms with Crippen LogP contribution in [0.4, 0.5) is 0 Å². The Morgan fingerprint density at radius 2 is 0.690 bits per heavy atom. The Morgan fingerprint density at radius 1 is 0.370 bits per heavy atom. The molecule has 3 heterocycles. The summed E-state index contributed by atoms with van der Waals surface area (Å²) in [7, 11) is 0. The van der Waals surface area contributed by atoms with Crippen molar-refractivity contribution in [2.24, 2.45) is 0 Å². The van der Waals surface area contributed by atoms with E-state index in [4.69, 9.17) is 28.4 Å². The molecule has 0 radical (unpaired) electrons. The predicted octanol–water partition coefficient (Wildman–Crippen LogP) is 13.0. The van der Waals surface area contributed by atoms with E-state index in [2.05, 4.69) is 104 Å². The normalized spacial score (nSPS) is 26.9. The molecule has 3 fully saturated rings. The molecule has 0 aliphatic carbocycles. The number of aliphatic hydroxyl groups excluding tert-OH is 11. The number of nitrogens with one attached hydrogen (secondary N) is 1. The summed E-state index contributed by atoms with van der Waals surface area (Å²) in [5.41, 5.74) is 0. The van der Waals surface area contributed by atoms with Crippen LogP contribution in [-0.2, 0) is 33.2 Å². The molecule has 580 valence electrons. The van der Waals surface area contributed by atoms with Crippen molar-refractivity contribution in [3.05, 3.63) is 85.1 Å². The Bertz CT molecular complexity index is 2140. The molecule has 100 heavy (non-hydrogen) atoms. The van der Waals surface area contributed by atoms with Gasteiger partial charge >= 0.3 is 0 Å². The molecule has 3 saturated heterocycles. The van der Waals surface area contributed by atoms with Gasteiger partial charge in [-0.05, 0) is 70.6 Å². The van der Waals surface area contributed by atoms with Crippen molar-refractivity contribution in [3.8, 4) is 0 Å². The Morgan fingerprint density at radius 3 is 1.07 bits per heavy atom. The highest BCUT2D eigenvalue weighted by atomic mass is 16.8. The number of hydrogen-bond donors (Lipinski definition) is 12. The van der Waals surface area contributed by atoms with Crippen LogP contribution < -0.4 is 5.32 Å². The van der Waals surface area contributed by atoms with E-state index >= 15 is 0 Å². The first-order valence-electron chi connectivity index (χ1n) is 39.8. The average molecular weight is 1420 g/mol. The zero-order chi connectivity index (χ0) is 72.5. The van der Waals surface area contributed by atoms with Gasteiger partial charge in [0.1, 0.15) is 73.2 Å². The molecule has 3 rings (SSSR count). The highest BCUT2D eigenvalue weighted by molar-refractivity contribution is 5.76. The van der Waals surface area contributed by atoms with Crippen LogP contribution >= 0.6 is 0 Å². The second kappa shape index (κ2) is 61.2. The monoisotopic (exact) mass is 1420 g/mol. The van der Waals surface area contributed by atoms with Crippen LogP contribution in [0.5, 0.6) is 0 Å². The number of allylic oxidation sites excluding steroid dienone is 14. The number of ether oxygens (including phenoxy) is 6. The summed E-state index contributed by atoms with van der Waals surface area (Å²) in [6, 6.07) is -0.913.